The minimum absolute atomic E-state index is 0.0723. The molecule has 1 saturated carbocycles. The van der Waals surface area contributed by atoms with Gasteiger partial charge >= 0.3 is 0 Å². The van der Waals surface area contributed by atoms with Gasteiger partial charge in [-0.3, -0.25) is 18.9 Å². The molecule has 174 valence electrons. The van der Waals surface area contributed by atoms with Gasteiger partial charge in [-0.15, -0.1) is 0 Å². The van der Waals surface area contributed by atoms with Gasteiger partial charge in [0.2, 0.25) is 0 Å². The molecule has 2 aromatic rings. The molecule has 2 aromatic heterocycles. The van der Waals surface area contributed by atoms with Crippen LogP contribution in [0.1, 0.15) is 57.1 Å². The maximum atomic E-state index is 13.7. The molecule has 0 bridgehead atoms. The van der Waals surface area contributed by atoms with E-state index < -0.39 is 0 Å². The molecule has 5 rings (SSSR count). The predicted molar refractivity (Wildman–Crippen MR) is 139 cm³/mol. The zero-order valence-electron chi connectivity index (χ0n) is 19.4. The zero-order valence-corrected chi connectivity index (χ0v) is 21.0. The second kappa shape index (κ2) is 8.87. The Morgan fingerprint density at radius 3 is 2.55 bits per heavy atom. The van der Waals surface area contributed by atoms with Crippen molar-refractivity contribution in [3.05, 3.63) is 44.7 Å². The summed E-state index contributed by atoms with van der Waals surface area (Å²) in [6.45, 7) is 8.16. The van der Waals surface area contributed by atoms with Gasteiger partial charge in [-0.05, 0) is 55.7 Å². The lowest BCUT2D eigenvalue weighted by molar-refractivity contribution is -0.123. The molecule has 0 aromatic carbocycles. The number of piperidine rings is 1. The number of thioether (sulfide) groups is 1. The van der Waals surface area contributed by atoms with Gasteiger partial charge in [0.25, 0.3) is 11.5 Å². The highest BCUT2D eigenvalue weighted by Gasteiger charge is 2.38. The summed E-state index contributed by atoms with van der Waals surface area (Å²) < 4.78 is 2.20. The van der Waals surface area contributed by atoms with Crippen molar-refractivity contribution < 1.29 is 4.79 Å². The fraction of sp³-hybridized carbons (Fsp3) is 0.520. The van der Waals surface area contributed by atoms with Crippen molar-refractivity contribution in [3.8, 4) is 0 Å². The Bertz CT molecular complexity index is 1200. The molecule has 2 saturated heterocycles. The van der Waals surface area contributed by atoms with E-state index in [1.165, 1.54) is 11.8 Å². The van der Waals surface area contributed by atoms with Crippen molar-refractivity contribution in [2.45, 2.75) is 58.9 Å². The summed E-state index contributed by atoms with van der Waals surface area (Å²) in [5, 5.41) is 0. The molecule has 6 nitrogen and oxygen atoms in total. The third-order valence-corrected chi connectivity index (χ3v) is 8.35. The quantitative estimate of drug-likeness (QED) is 0.470. The van der Waals surface area contributed by atoms with E-state index in [9.17, 15) is 9.59 Å². The topological polar surface area (TPSA) is 57.9 Å². The first-order valence-corrected chi connectivity index (χ1v) is 13.1. The molecule has 33 heavy (non-hydrogen) atoms. The average molecular weight is 483 g/mol. The normalized spacial score (nSPS) is 25.7. The number of anilines is 1. The van der Waals surface area contributed by atoms with E-state index in [0.29, 0.717) is 38.1 Å². The fourth-order valence-electron chi connectivity index (χ4n) is 5.59. The minimum Gasteiger partial charge on any atom is -0.355 e. The van der Waals surface area contributed by atoms with Gasteiger partial charge in [-0.25, -0.2) is 4.98 Å². The van der Waals surface area contributed by atoms with Crippen LogP contribution < -0.4 is 10.5 Å². The van der Waals surface area contributed by atoms with Crippen molar-refractivity contribution in [1.29, 1.82) is 0 Å². The summed E-state index contributed by atoms with van der Waals surface area (Å²) >= 11 is 6.89. The van der Waals surface area contributed by atoms with Crippen LogP contribution in [-0.2, 0) is 4.79 Å². The SMILES string of the molecule is Cc1cccn2c(=O)c(/C=C3\SC(=S)N(C4CCCC4)C3=O)c(N3C[C@H](C)C[C@H](C)C3)nc12. The van der Waals surface area contributed by atoms with Crippen LogP contribution in [0.2, 0.25) is 0 Å². The van der Waals surface area contributed by atoms with Gasteiger partial charge in [0.15, 0.2) is 0 Å². The van der Waals surface area contributed by atoms with E-state index in [4.69, 9.17) is 17.2 Å². The van der Waals surface area contributed by atoms with Crippen LogP contribution >= 0.6 is 24.0 Å². The van der Waals surface area contributed by atoms with Gasteiger partial charge < -0.3 is 4.90 Å². The largest absolute Gasteiger partial charge is 0.355 e. The number of aromatic nitrogens is 2. The maximum Gasteiger partial charge on any atom is 0.267 e. The highest BCUT2D eigenvalue weighted by molar-refractivity contribution is 8.26. The van der Waals surface area contributed by atoms with Gasteiger partial charge in [-0.1, -0.05) is 56.7 Å². The molecule has 2 aliphatic heterocycles. The number of carbonyl (C=O) groups excluding carboxylic acids is 1. The standard InChI is InChI=1S/C25H30N4O2S2/c1-15-11-16(2)14-27(13-15)22-19(23(30)28-10-6-7-17(3)21(28)26-22)12-20-24(31)29(25(32)33-20)18-8-4-5-9-18/h6-7,10,12,15-16,18H,4-5,8-9,11,13-14H2,1-3H3/b20-12-/t15-,16+. The monoisotopic (exact) mass is 482 g/mol. The second-order valence-corrected chi connectivity index (χ2v) is 11.6. The number of aryl methyl sites for hydroxylation is 1. The molecule has 3 aliphatic rings. The summed E-state index contributed by atoms with van der Waals surface area (Å²) in [6.07, 6.45) is 8.91. The molecule has 2 atom stereocenters. The number of carbonyl (C=O) groups is 1. The Balaban J connectivity index is 1.64. The van der Waals surface area contributed by atoms with Crippen molar-refractivity contribution in [2.75, 3.05) is 18.0 Å². The molecular formula is C25H30N4O2S2. The van der Waals surface area contributed by atoms with E-state index in [1.54, 1.807) is 21.6 Å². The third-order valence-electron chi connectivity index (χ3n) is 7.02. The number of rotatable bonds is 3. The van der Waals surface area contributed by atoms with Crippen LogP contribution in [0.5, 0.6) is 0 Å². The minimum atomic E-state index is -0.143. The third kappa shape index (κ3) is 4.12. The van der Waals surface area contributed by atoms with Gasteiger partial charge in [-0.2, -0.15) is 0 Å². The Morgan fingerprint density at radius 2 is 1.85 bits per heavy atom. The predicted octanol–water partition coefficient (Wildman–Crippen LogP) is 4.63. The Kier molecular flexibility index (Phi) is 6.07. The summed E-state index contributed by atoms with van der Waals surface area (Å²) in [5.41, 5.74) is 1.95. The smallest absolute Gasteiger partial charge is 0.267 e. The summed E-state index contributed by atoms with van der Waals surface area (Å²) in [7, 11) is 0. The van der Waals surface area contributed by atoms with Crippen LogP contribution in [0.15, 0.2) is 28.0 Å². The number of fused-ring (bicyclic) bond motifs is 1. The van der Waals surface area contributed by atoms with E-state index in [2.05, 4.69) is 18.7 Å². The zero-order chi connectivity index (χ0) is 23.3. The van der Waals surface area contributed by atoms with Crippen molar-refractivity contribution in [3.63, 3.8) is 0 Å². The van der Waals surface area contributed by atoms with Crippen LogP contribution in [0, 0.1) is 18.8 Å². The van der Waals surface area contributed by atoms with Crippen molar-refractivity contribution in [1.82, 2.24) is 14.3 Å². The molecule has 0 unspecified atom stereocenters. The lowest BCUT2D eigenvalue weighted by Crippen LogP contribution is -2.41. The first kappa shape index (κ1) is 22.6. The highest BCUT2D eigenvalue weighted by atomic mass is 32.2. The molecule has 1 amide bonds. The van der Waals surface area contributed by atoms with E-state index in [1.807, 2.05) is 19.1 Å². The number of hydrogen-bond acceptors (Lipinski definition) is 6. The molecule has 4 heterocycles. The number of amides is 1. The van der Waals surface area contributed by atoms with E-state index in [-0.39, 0.29) is 17.5 Å². The van der Waals surface area contributed by atoms with Gasteiger partial charge in [0.05, 0.1) is 10.5 Å². The molecule has 8 heteroatoms. The first-order chi connectivity index (χ1) is 15.8. The second-order valence-electron chi connectivity index (χ2n) is 9.88. The molecular weight excluding hydrogens is 452 g/mol. The molecule has 0 radical (unpaired) electrons. The number of thiocarbonyl (C=S) groups is 1. The van der Waals surface area contributed by atoms with Crippen molar-refractivity contribution >= 4 is 51.7 Å². The molecule has 1 aliphatic carbocycles. The number of pyridine rings is 1. The Labute approximate surface area is 204 Å². The van der Waals surface area contributed by atoms with Crippen LogP contribution in [0.25, 0.3) is 11.7 Å². The lowest BCUT2D eigenvalue weighted by Gasteiger charge is -2.36. The average Bonchev–Trinajstić information content (AvgIpc) is 3.37. The van der Waals surface area contributed by atoms with Gasteiger partial charge in [0, 0.05) is 25.3 Å². The summed E-state index contributed by atoms with van der Waals surface area (Å²) in [4.78, 5) is 36.6. The highest BCUT2D eigenvalue weighted by Crippen LogP contribution is 2.38. The first-order valence-electron chi connectivity index (χ1n) is 11.9. The van der Waals surface area contributed by atoms with Gasteiger partial charge in [0.1, 0.15) is 15.8 Å². The van der Waals surface area contributed by atoms with Crippen LogP contribution in [0.4, 0.5) is 5.82 Å². The molecule has 0 N–H and O–H groups in total. The van der Waals surface area contributed by atoms with E-state index >= 15 is 0 Å². The summed E-state index contributed by atoms with van der Waals surface area (Å²) in [6, 6.07) is 4.02. The fourth-order valence-corrected chi connectivity index (χ4v) is 6.97. The van der Waals surface area contributed by atoms with Crippen LogP contribution in [-0.4, -0.2) is 43.6 Å². The number of hydrogen-bond donors (Lipinski definition) is 0. The lowest BCUT2D eigenvalue weighted by atomic mass is 9.91. The molecule has 3 fully saturated rings. The van der Waals surface area contributed by atoms with Crippen LogP contribution in [0.3, 0.4) is 0 Å². The Morgan fingerprint density at radius 1 is 1.15 bits per heavy atom. The molecule has 0 spiro atoms. The van der Waals surface area contributed by atoms with E-state index in [0.717, 1.165) is 50.8 Å². The maximum absolute atomic E-state index is 13.7. The Hall–Kier alpha value is -2.19. The van der Waals surface area contributed by atoms with Crippen molar-refractivity contribution in [2.24, 2.45) is 11.8 Å². The summed E-state index contributed by atoms with van der Waals surface area (Å²) in [5.74, 6) is 1.63. The number of nitrogens with zero attached hydrogens (tertiary/aromatic N) is 4.